The Balaban J connectivity index is 2.55. The fourth-order valence-electron chi connectivity index (χ4n) is 1.61. The molecular weight excluding hydrogens is 228 g/mol. The van der Waals surface area contributed by atoms with E-state index in [-0.39, 0.29) is 17.7 Å². The quantitative estimate of drug-likeness (QED) is 0.865. The zero-order chi connectivity index (χ0) is 13.7. The highest BCUT2D eigenvalue weighted by Gasteiger charge is 2.14. The Labute approximate surface area is 109 Å². The highest BCUT2D eigenvalue weighted by Crippen LogP contribution is 2.13. The lowest BCUT2D eigenvalue weighted by Crippen LogP contribution is -2.34. The van der Waals surface area contributed by atoms with Gasteiger partial charge in [0.15, 0.2) is 0 Å². The molecule has 0 heterocycles. The third kappa shape index (κ3) is 4.37. The lowest BCUT2D eigenvalue weighted by molar-refractivity contribution is -0.131. The molecule has 100 valence electrons. The van der Waals surface area contributed by atoms with Gasteiger partial charge in [-0.2, -0.15) is 0 Å². The van der Waals surface area contributed by atoms with Crippen molar-refractivity contribution >= 4 is 5.91 Å². The number of carbonyl (C=O) groups is 1. The molecule has 1 N–H and O–H groups in total. The molecule has 1 amide bonds. The molecule has 0 radical (unpaired) electrons. The van der Waals surface area contributed by atoms with Gasteiger partial charge >= 0.3 is 0 Å². The van der Waals surface area contributed by atoms with E-state index >= 15 is 0 Å². The maximum atomic E-state index is 12.0. The fourth-order valence-corrected chi connectivity index (χ4v) is 1.61. The van der Waals surface area contributed by atoms with Crippen LogP contribution in [0.5, 0.6) is 5.75 Å². The van der Waals surface area contributed by atoms with Gasteiger partial charge in [0.25, 0.3) is 0 Å². The summed E-state index contributed by atoms with van der Waals surface area (Å²) in [5.41, 5.74) is 0.934. The van der Waals surface area contributed by atoms with Crippen molar-refractivity contribution in [1.82, 2.24) is 9.80 Å². The van der Waals surface area contributed by atoms with Crippen molar-refractivity contribution in [3.8, 4) is 5.75 Å². The maximum Gasteiger partial charge on any atom is 0.224 e. The van der Waals surface area contributed by atoms with Crippen LogP contribution in [0.15, 0.2) is 24.3 Å². The van der Waals surface area contributed by atoms with Crippen LogP contribution in [-0.4, -0.2) is 48.0 Å². The van der Waals surface area contributed by atoms with Crippen LogP contribution in [0, 0.1) is 0 Å². The minimum atomic E-state index is 0.111. The molecular formula is C14H22N2O2. The second kappa shape index (κ2) is 6.40. The van der Waals surface area contributed by atoms with E-state index < -0.39 is 0 Å². The number of hydrogen-bond acceptors (Lipinski definition) is 3. The molecule has 0 bridgehead atoms. The Bertz CT molecular complexity index is 405. The number of rotatable bonds is 5. The molecule has 0 saturated carbocycles. The van der Waals surface area contributed by atoms with Crippen LogP contribution in [0.1, 0.15) is 18.9 Å². The van der Waals surface area contributed by atoms with Crippen LogP contribution < -0.4 is 0 Å². The highest BCUT2D eigenvalue weighted by atomic mass is 16.3. The number of phenols is 1. The predicted octanol–water partition coefficient (Wildman–Crippen LogP) is 1.69. The van der Waals surface area contributed by atoms with Crippen LogP contribution >= 0.6 is 0 Å². The molecule has 1 rings (SSSR count). The van der Waals surface area contributed by atoms with Gasteiger partial charge in [0.2, 0.25) is 5.91 Å². The fraction of sp³-hybridized carbons (Fsp3) is 0.500. The van der Waals surface area contributed by atoms with Gasteiger partial charge in [-0.1, -0.05) is 12.1 Å². The number of benzene rings is 1. The first-order valence-corrected chi connectivity index (χ1v) is 6.08. The van der Waals surface area contributed by atoms with Crippen LogP contribution in [0.25, 0.3) is 0 Å². The lowest BCUT2D eigenvalue weighted by atomic mass is 10.1. The number of phenolic OH excluding ortho intramolecular Hbond substituents is 1. The van der Waals surface area contributed by atoms with Gasteiger partial charge in [-0.25, -0.2) is 0 Å². The first-order valence-electron chi connectivity index (χ1n) is 6.08. The van der Waals surface area contributed by atoms with E-state index in [1.54, 1.807) is 30.1 Å². The zero-order valence-corrected chi connectivity index (χ0v) is 11.6. The second-order valence-corrected chi connectivity index (χ2v) is 4.94. The number of nitrogens with zero attached hydrogens (tertiary/aromatic N) is 2. The summed E-state index contributed by atoms with van der Waals surface area (Å²) in [5, 5.41) is 9.37. The molecule has 0 aliphatic carbocycles. The van der Waals surface area contributed by atoms with Crippen LogP contribution in [0.2, 0.25) is 0 Å². The first kappa shape index (κ1) is 14.5. The molecule has 1 aromatic rings. The minimum absolute atomic E-state index is 0.111. The Morgan fingerprint density at radius 1 is 1.33 bits per heavy atom. The van der Waals surface area contributed by atoms with Crippen molar-refractivity contribution < 1.29 is 9.90 Å². The summed E-state index contributed by atoms with van der Waals surface area (Å²) in [6.07, 6.45) is 0.502. The van der Waals surface area contributed by atoms with E-state index in [0.717, 1.165) is 5.56 Å². The van der Waals surface area contributed by atoms with Crippen molar-refractivity contribution in [1.29, 1.82) is 0 Å². The van der Waals surface area contributed by atoms with E-state index in [2.05, 4.69) is 0 Å². The predicted molar refractivity (Wildman–Crippen MR) is 72.3 cm³/mol. The van der Waals surface area contributed by atoms with Gasteiger partial charge in [-0.15, -0.1) is 0 Å². The van der Waals surface area contributed by atoms with E-state index in [1.807, 2.05) is 32.0 Å². The van der Waals surface area contributed by atoms with Crippen molar-refractivity contribution in [3.63, 3.8) is 0 Å². The van der Waals surface area contributed by atoms with Crippen molar-refractivity contribution in [2.75, 3.05) is 21.1 Å². The van der Waals surface area contributed by atoms with Crippen LogP contribution in [-0.2, 0) is 11.3 Å². The monoisotopic (exact) mass is 250 g/mol. The standard InChI is InChI=1S/C14H22N2O2/c1-11(15(2)3)8-14(18)16(4)10-12-6-5-7-13(17)9-12/h5-7,9,11,17H,8,10H2,1-4H3. The van der Waals surface area contributed by atoms with Crippen LogP contribution in [0.3, 0.4) is 0 Å². The summed E-state index contributed by atoms with van der Waals surface area (Å²) >= 11 is 0. The normalized spacial score (nSPS) is 12.5. The third-order valence-electron chi connectivity index (χ3n) is 3.11. The van der Waals surface area contributed by atoms with Gasteiger partial charge in [0, 0.05) is 26.1 Å². The Hall–Kier alpha value is -1.55. The topological polar surface area (TPSA) is 43.8 Å². The third-order valence-corrected chi connectivity index (χ3v) is 3.11. The molecule has 0 aliphatic rings. The smallest absolute Gasteiger partial charge is 0.224 e. The first-order chi connectivity index (χ1) is 8.40. The average molecular weight is 250 g/mol. The van der Waals surface area contributed by atoms with E-state index in [9.17, 15) is 9.90 Å². The SMILES string of the molecule is CC(CC(=O)N(C)Cc1cccc(O)c1)N(C)C. The van der Waals surface area contributed by atoms with Crippen molar-refractivity contribution in [3.05, 3.63) is 29.8 Å². The lowest BCUT2D eigenvalue weighted by Gasteiger charge is -2.23. The maximum absolute atomic E-state index is 12.0. The van der Waals surface area contributed by atoms with Gasteiger partial charge in [0.1, 0.15) is 5.75 Å². The highest BCUT2D eigenvalue weighted by molar-refractivity contribution is 5.76. The Morgan fingerprint density at radius 3 is 2.56 bits per heavy atom. The van der Waals surface area contributed by atoms with Gasteiger partial charge in [0.05, 0.1) is 0 Å². The zero-order valence-electron chi connectivity index (χ0n) is 11.6. The molecule has 1 unspecified atom stereocenters. The Morgan fingerprint density at radius 2 is 2.00 bits per heavy atom. The van der Waals surface area contributed by atoms with Crippen LogP contribution in [0.4, 0.5) is 0 Å². The van der Waals surface area contributed by atoms with E-state index in [0.29, 0.717) is 13.0 Å². The summed E-state index contributed by atoms with van der Waals surface area (Å²) in [4.78, 5) is 15.7. The molecule has 0 saturated heterocycles. The molecule has 4 heteroatoms. The molecule has 0 aliphatic heterocycles. The van der Waals surface area contributed by atoms with Crippen molar-refractivity contribution in [2.45, 2.75) is 25.9 Å². The largest absolute Gasteiger partial charge is 0.508 e. The summed E-state index contributed by atoms with van der Waals surface area (Å²) in [6, 6.07) is 7.22. The van der Waals surface area contributed by atoms with Gasteiger partial charge in [-0.05, 0) is 38.7 Å². The number of amides is 1. The number of carbonyl (C=O) groups excluding carboxylic acids is 1. The summed E-state index contributed by atoms with van der Waals surface area (Å²) in [5.74, 6) is 0.342. The molecule has 18 heavy (non-hydrogen) atoms. The van der Waals surface area contributed by atoms with E-state index in [1.165, 1.54) is 0 Å². The summed E-state index contributed by atoms with van der Waals surface area (Å²) in [7, 11) is 5.72. The summed E-state index contributed by atoms with van der Waals surface area (Å²) < 4.78 is 0. The molecule has 0 spiro atoms. The average Bonchev–Trinajstić information content (AvgIpc) is 2.28. The number of aromatic hydroxyl groups is 1. The van der Waals surface area contributed by atoms with Gasteiger partial charge < -0.3 is 14.9 Å². The summed E-state index contributed by atoms with van der Waals surface area (Å²) in [6.45, 7) is 2.55. The second-order valence-electron chi connectivity index (χ2n) is 4.94. The number of hydrogen-bond donors (Lipinski definition) is 1. The molecule has 4 nitrogen and oxygen atoms in total. The molecule has 0 aromatic heterocycles. The van der Waals surface area contributed by atoms with Crippen molar-refractivity contribution in [2.24, 2.45) is 0 Å². The molecule has 1 aromatic carbocycles. The molecule has 1 atom stereocenters. The Kier molecular flexibility index (Phi) is 5.16. The van der Waals surface area contributed by atoms with Gasteiger partial charge in [-0.3, -0.25) is 4.79 Å². The van der Waals surface area contributed by atoms with E-state index in [4.69, 9.17) is 0 Å². The molecule has 0 fully saturated rings. The minimum Gasteiger partial charge on any atom is -0.508 e.